The van der Waals surface area contributed by atoms with Crippen LogP contribution in [0.1, 0.15) is 25.8 Å². The van der Waals surface area contributed by atoms with E-state index in [9.17, 15) is 10.2 Å². The molecule has 7 nitrogen and oxygen atoms in total. The number of phenols is 2. The van der Waals surface area contributed by atoms with Gasteiger partial charge >= 0.3 is 0 Å². The third-order valence-corrected chi connectivity index (χ3v) is 5.92. The van der Waals surface area contributed by atoms with Gasteiger partial charge in [0, 0.05) is 30.3 Å². The zero-order chi connectivity index (χ0) is 22.9. The number of rotatable bonds is 5. The van der Waals surface area contributed by atoms with E-state index in [0.717, 1.165) is 35.6 Å². The van der Waals surface area contributed by atoms with Crippen LogP contribution in [0.4, 0.5) is 0 Å². The summed E-state index contributed by atoms with van der Waals surface area (Å²) in [6.07, 6.45) is 4.95. The fourth-order valence-electron chi connectivity index (χ4n) is 4.11. The Morgan fingerprint density at radius 2 is 1.84 bits per heavy atom. The van der Waals surface area contributed by atoms with Crippen LogP contribution >= 0.6 is 0 Å². The first kappa shape index (κ1) is 22.0. The molecule has 2 unspecified atom stereocenters. The summed E-state index contributed by atoms with van der Waals surface area (Å²) in [5.41, 5.74) is 9.77. The molecule has 2 atom stereocenters. The molecule has 0 aromatic heterocycles. The van der Waals surface area contributed by atoms with E-state index in [4.69, 9.17) is 9.98 Å². The highest BCUT2D eigenvalue weighted by atomic mass is 16.3. The van der Waals surface area contributed by atoms with Crippen molar-refractivity contribution in [2.45, 2.75) is 31.3 Å². The maximum absolute atomic E-state index is 10.1. The van der Waals surface area contributed by atoms with E-state index in [2.05, 4.69) is 53.9 Å². The zero-order valence-electron chi connectivity index (χ0n) is 19.1. The first-order valence-corrected chi connectivity index (χ1v) is 10.8. The minimum absolute atomic E-state index is 0.0459. The number of aliphatic imine (C=N–C) groups is 2. The molecule has 2 aliphatic heterocycles. The number of hydrazine groups is 1. The van der Waals surface area contributed by atoms with Crippen LogP contribution in [0.3, 0.4) is 0 Å². The molecule has 4 N–H and O–H groups in total. The van der Waals surface area contributed by atoms with Gasteiger partial charge in [-0.05, 0) is 57.3 Å². The highest BCUT2D eigenvalue weighted by Crippen LogP contribution is 2.34. The van der Waals surface area contributed by atoms with Crippen molar-refractivity contribution >= 4 is 11.5 Å². The van der Waals surface area contributed by atoms with Crippen LogP contribution in [0.15, 0.2) is 64.6 Å². The third kappa shape index (κ3) is 4.69. The quantitative estimate of drug-likeness (QED) is 0.581. The lowest BCUT2D eigenvalue weighted by atomic mass is 9.88. The molecule has 1 fully saturated rings. The van der Waals surface area contributed by atoms with Gasteiger partial charge in [0.15, 0.2) is 0 Å². The van der Waals surface area contributed by atoms with Gasteiger partial charge in [-0.3, -0.25) is 9.98 Å². The normalized spacial score (nSPS) is 26.4. The Morgan fingerprint density at radius 1 is 1.09 bits per heavy atom. The van der Waals surface area contributed by atoms with Crippen molar-refractivity contribution in [3.8, 4) is 22.6 Å². The van der Waals surface area contributed by atoms with E-state index in [1.54, 1.807) is 12.1 Å². The number of nitrogens with zero attached hydrogens (tertiary/aromatic N) is 3. The SMILES string of the molecule is CN(C)CC1=NCC(C)(N=C2CC(C)(c3ccc(-c4ccc(O)cc4O)cc3)NN2)C=C1. The summed E-state index contributed by atoms with van der Waals surface area (Å²) < 4.78 is 0. The molecule has 0 aliphatic carbocycles. The lowest BCUT2D eigenvalue weighted by molar-refractivity contribution is 0.407. The Balaban J connectivity index is 1.47. The van der Waals surface area contributed by atoms with Crippen LogP contribution in [-0.2, 0) is 5.54 Å². The predicted molar refractivity (Wildman–Crippen MR) is 129 cm³/mol. The molecule has 2 heterocycles. The fourth-order valence-corrected chi connectivity index (χ4v) is 4.11. The molecule has 0 bridgehead atoms. The number of hydrogen-bond donors (Lipinski definition) is 4. The second-order valence-corrected chi connectivity index (χ2v) is 9.33. The summed E-state index contributed by atoms with van der Waals surface area (Å²) in [7, 11) is 4.08. The van der Waals surface area contributed by atoms with Gasteiger partial charge in [-0.2, -0.15) is 0 Å². The molecule has 32 heavy (non-hydrogen) atoms. The van der Waals surface area contributed by atoms with Crippen LogP contribution in [0.2, 0.25) is 0 Å². The number of amidine groups is 1. The molecule has 4 rings (SSSR count). The molecule has 2 aromatic rings. The summed E-state index contributed by atoms with van der Waals surface area (Å²) >= 11 is 0. The van der Waals surface area contributed by atoms with E-state index < -0.39 is 0 Å². The van der Waals surface area contributed by atoms with Gasteiger partial charge in [0.2, 0.25) is 0 Å². The number of nitrogens with one attached hydrogen (secondary N) is 2. The first-order valence-electron chi connectivity index (χ1n) is 10.8. The highest BCUT2D eigenvalue weighted by molar-refractivity contribution is 5.97. The van der Waals surface area contributed by atoms with Gasteiger partial charge in [-0.15, -0.1) is 0 Å². The molecular formula is C25H31N5O2. The molecule has 2 aliphatic rings. The second-order valence-electron chi connectivity index (χ2n) is 9.33. The number of aromatic hydroxyl groups is 2. The number of dihydropyridines is 1. The first-order chi connectivity index (χ1) is 15.2. The molecule has 0 spiro atoms. The van der Waals surface area contributed by atoms with Crippen molar-refractivity contribution in [2.75, 3.05) is 27.2 Å². The average Bonchev–Trinajstić information content (AvgIpc) is 3.11. The summed E-state index contributed by atoms with van der Waals surface area (Å²) in [6, 6.07) is 12.7. The standard InChI is InChI=1S/C25H31N5O2/c1-24(12-11-19(26-16-24)15-30(3)4)27-23-14-25(2,29-28-23)18-7-5-17(6-8-18)21-10-9-20(31)13-22(21)32/h5-13,29,31-32H,14-16H2,1-4H3,(H,27,28). The monoisotopic (exact) mass is 433 g/mol. The third-order valence-electron chi connectivity index (χ3n) is 5.92. The smallest absolute Gasteiger partial charge is 0.127 e. The lowest BCUT2D eigenvalue weighted by Crippen LogP contribution is -2.39. The number of benzene rings is 2. The Labute approximate surface area is 189 Å². The summed E-state index contributed by atoms with van der Waals surface area (Å²) in [5.74, 6) is 1.01. The second kappa shape index (κ2) is 8.41. The molecule has 7 heteroatoms. The van der Waals surface area contributed by atoms with E-state index in [-0.39, 0.29) is 22.6 Å². The fraction of sp³-hybridized carbons (Fsp3) is 0.360. The van der Waals surface area contributed by atoms with Gasteiger partial charge < -0.3 is 20.5 Å². The molecule has 2 aromatic carbocycles. The summed E-state index contributed by atoms with van der Waals surface area (Å²) in [6.45, 7) is 5.71. The zero-order valence-corrected chi connectivity index (χ0v) is 19.1. The van der Waals surface area contributed by atoms with Gasteiger partial charge in [0.1, 0.15) is 17.3 Å². The van der Waals surface area contributed by atoms with Crippen LogP contribution in [-0.4, -0.2) is 59.4 Å². The van der Waals surface area contributed by atoms with Crippen LogP contribution in [0.25, 0.3) is 11.1 Å². The number of phenolic OH excluding ortho intramolecular Hbond substituents is 2. The molecule has 1 saturated heterocycles. The minimum atomic E-state index is -0.356. The van der Waals surface area contributed by atoms with E-state index in [1.807, 2.05) is 26.2 Å². The van der Waals surface area contributed by atoms with Crippen LogP contribution in [0, 0.1) is 0 Å². The van der Waals surface area contributed by atoms with Gasteiger partial charge in [0.05, 0.1) is 17.6 Å². The summed E-state index contributed by atoms with van der Waals surface area (Å²) in [5, 5.41) is 19.6. The largest absolute Gasteiger partial charge is 0.508 e. The maximum atomic E-state index is 10.1. The van der Waals surface area contributed by atoms with Crippen LogP contribution in [0.5, 0.6) is 11.5 Å². The molecule has 0 radical (unpaired) electrons. The Bertz CT molecular complexity index is 1090. The predicted octanol–water partition coefficient (Wildman–Crippen LogP) is 3.21. The van der Waals surface area contributed by atoms with Crippen molar-refractivity contribution < 1.29 is 10.2 Å². The van der Waals surface area contributed by atoms with E-state index in [0.29, 0.717) is 12.1 Å². The summed E-state index contributed by atoms with van der Waals surface area (Å²) in [4.78, 5) is 11.8. The van der Waals surface area contributed by atoms with Crippen molar-refractivity contribution in [3.05, 3.63) is 60.2 Å². The van der Waals surface area contributed by atoms with Crippen molar-refractivity contribution in [2.24, 2.45) is 9.98 Å². The average molecular weight is 434 g/mol. The van der Waals surface area contributed by atoms with Crippen molar-refractivity contribution in [1.29, 1.82) is 0 Å². The van der Waals surface area contributed by atoms with Crippen LogP contribution < -0.4 is 10.9 Å². The molecular weight excluding hydrogens is 402 g/mol. The minimum Gasteiger partial charge on any atom is -0.508 e. The Kier molecular flexibility index (Phi) is 5.79. The number of hydrogen-bond acceptors (Lipinski definition) is 6. The van der Waals surface area contributed by atoms with Crippen molar-refractivity contribution in [3.63, 3.8) is 0 Å². The van der Waals surface area contributed by atoms with Crippen molar-refractivity contribution in [1.82, 2.24) is 15.8 Å². The molecule has 0 saturated carbocycles. The topological polar surface area (TPSA) is 92.5 Å². The molecule has 168 valence electrons. The highest BCUT2D eigenvalue weighted by Gasteiger charge is 2.35. The Morgan fingerprint density at radius 3 is 2.47 bits per heavy atom. The van der Waals surface area contributed by atoms with Gasteiger partial charge in [-0.1, -0.05) is 30.3 Å². The lowest BCUT2D eigenvalue weighted by Gasteiger charge is -2.25. The maximum Gasteiger partial charge on any atom is 0.127 e. The molecule has 0 amide bonds. The van der Waals surface area contributed by atoms with Gasteiger partial charge in [0.25, 0.3) is 0 Å². The van der Waals surface area contributed by atoms with E-state index >= 15 is 0 Å². The Hall–Kier alpha value is -3.16. The van der Waals surface area contributed by atoms with Gasteiger partial charge in [-0.25, -0.2) is 5.43 Å². The van der Waals surface area contributed by atoms with E-state index in [1.165, 1.54) is 6.07 Å².